The summed E-state index contributed by atoms with van der Waals surface area (Å²) in [4.78, 5) is 0. The predicted molar refractivity (Wildman–Crippen MR) is 26.8 cm³/mol. The maximum absolute atomic E-state index is 11.2. The number of rotatable bonds is 3. The molecule has 0 aromatic carbocycles. The van der Waals surface area contributed by atoms with Crippen LogP contribution < -0.4 is 0 Å². The van der Waals surface area contributed by atoms with E-state index in [-0.39, 0.29) is 6.10 Å². The molecular formula is C5H10F2O. The molecular weight excluding hydrogens is 114 g/mol. The first-order valence-electron chi connectivity index (χ1n) is 2.60. The Bertz CT molecular complexity index is 56.4. The Morgan fingerprint density at radius 1 is 1.50 bits per heavy atom. The molecule has 0 aliphatic carbocycles. The van der Waals surface area contributed by atoms with Crippen LogP contribution in [0.15, 0.2) is 0 Å². The summed E-state index contributed by atoms with van der Waals surface area (Å²) in [6, 6.07) is 0. The molecule has 0 aromatic rings. The highest BCUT2D eigenvalue weighted by Crippen LogP contribution is 2.02. The van der Waals surface area contributed by atoms with Gasteiger partial charge in [0, 0.05) is 0 Å². The largest absolute Gasteiger partial charge is 0.345 e. The highest BCUT2D eigenvalue weighted by Gasteiger charge is 2.05. The van der Waals surface area contributed by atoms with Gasteiger partial charge in [0.25, 0.3) is 0 Å². The van der Waals surface area contributed by atoms with Crippen molar-refractivity contribution in [3.05, 3.63) is 0 Å². The van der Waals surface area contributed by atoms with Gasteiger partial charge in [0.15, 0.2) is 0 Å². The van der Waals surface area contributed by atoms with Gasteiger partial charge in [-0.2, -0.15) is 8.78 Å². The van der Waals surface area contributed by atoms with Crippen molar-refractivity contribution in [3.63, 3.8) is 0 Å². The van der Waals surface area contributed by atoms with Gasteiger partial charge < -0.3 is 4.74 Å². The molecule has 0 radical (unpaired) electrons. The van der Waals surface area contributed by atoms with Crippen LogP contribution in [0.3, 0.4) is 0 Å². The summed E-state index contributed by atoms with van der Waals surface area (Å²) < 4.78 is 26.6. The average molecular weight is 124 g/mol. The zero-order valence-corrected chi connectivity index (χ0v) is 5.03. The molecule has 0 aliphatic rings. The Morgan fingerprint density at radius 2 is 2.00 bits per heavy atom. The number of alkyl halides is 2. The third kappa shape index (κ3) is 3.99. The van der Waals surface area contributed by atoms with Gasteiger partial charge >= 0.3 is 6.61 Å². The lowest BCUT2D eigenvalue weighted by molar-refractivity contribution is -0.158. The molecule has 1 atom stereocenters. The van der Waals surface area contributed by atoms with E-state index in [2.05, 4.69) is 4.74 Å². The van der Waals surface area contributed by atoms with Crippen molar-refractivity contribution in [2.75, 3.05) is 0 Å². The van der Waals surface area contributed by atoms with E-state index >= 15 is 0 Å². The maximum atomic E-state index is 11.2. The fraction of sp³-hybridized carbons (Fsp3) is 1.00. The van der Waals surface area contributed by atoms with Crippen LogP contribution in [0.25, 0.3) is 0 Å². The van der Waals surface area contributed by atoms with E-state index in [0.717, 1.165) is 0 Å². The molecule has 0 saturated carbocycles. The molecule has 3 heteroatoms. The fourth-order valence-corrected chi connectivity index (χ4v) is 0.272. The lowest BCUT2D eigenvalue weighted by Gasteiger charge is -2.07. The summed E-state index contributed by atoms with van der Waals surface area (Å²) in [5, 5.41) is 0. The van der Waals surface area contributed by atoms with Crippen LogP contribution >= 0.6 is 0 Å². The van der Waals surface area contributed by atoms with E-state index in [0.29, 0.717) is 6.42 Å². The monoisotopic (exact) mass is 124 g/mol. The third-order valence-corrected chi connectivity index (χ3v) is 0.910. The van der Waals surface area contributed by atoms with Gasteiger partial charge in [0.2, 0.25) is 0 Å². The van der Waals surface area contributed by atoms with E-state index in [1.807, 2.05) is 0 Å². The van der Waals surface area contributed by atoms with Crippen LogP contribution in [0.4, 0.5) is 8.78 Å². The van der Waals surface area contributed by atoms with E-state index in [1.54, 1.807) is 13.8 Å². The summed E-state index contributed by atoms with van der Waals surface area (Å²) in [6.45, 7) is 0.795. The Balaban J connectivity index is 3.10. The fourth-order valence-electron chi connectivity index (χ4n) is 0.272. The first-order valence-corrected chi connectivity index (χ1v) is 2.60. The Labute approximate surface area is 47.6 Å². The van der Waals surface area contributed by atoms with Crippen molar-refractivity contribution in [1.29, 1.82) is 0 Å². The summed E-state index contributed by atoms with van der Waals surface area (Å²) in [5.74, 6) is 0. The SMILES string of the molecule is CC[C@H](C)OC(F)F. The molecule has 50 valence electrons. The summed E-state index contributed by atoms with van der Waals surface area (Å²) in [7, 11) is 0. The molecule has 8 heavy (non-hydrogen) atoms. The van der Waals surface area contributed by atoms with Gasteiger partial charge in [0.05, 0.1) is 6.10 Å². The number of hydrogen-bond acceptors (Lipinski definition) is 1. The molecule has 0 fully saturated rings. The van der Waals surface area contributed by atoms with Crippen molar-refractivity contribution >= 4 is 0 Å². The molecule has 0 heterocycles. The lowest BCUT2D eigenvalue weighted by atomic mass is 10.3. The standard InChI is InChI=1S/C5H10F2O/c1-3-4(2)8-5(6)7/h4-5H,3H2,1-2H3/t4-/m0/s1. The van der Waals surface area contributed by atoms with Gasteiger partial charge in [0.1, 0.15) is 0 Å². The Morgan fingerprint density at radius 3 is 2.12 bits per heavy atom. The van der Waals surface area contributed by atoms with Crippen LogP contribution in [0.5, 0.6) is 0 Å². The molecule has 0 unspecified atom stereocenters. The van der Waals surface area contributed by atoms with Crippen molar-refractivity contribution in [3.8, 4) is 0 Å². The molecule has 0 rings (SSSR count). The topological polar surface area (TPSA) is 9.23 Å². The van der Waals surface area contributed by atoms with Crippen molar-refractivity contribution in [1.82, 2.24) is 0 Å². The zero-order chi connectivity index (χ0) is 6.57. The molecule has 0 amide bonds. The van der Waals surface area contributed by atoms with Gasteiger partial charge in [-0.1, -0.05) is 6.92 Å². The summed E-state index contributed by atoms with van der Waals surface area (Å²) in [6.07, 6.45) is 0.305. The third-order valence-electron chi connectivity index (χ3n) is 0.910. The van der Waals surface area contributed by atoms with Crippen molar-refractivity contribution in [2.45, 2.75) is 33.0 Å². The molecule has 0 aliphatic heterocycles. The highest BCUT2D eigenvalue weighted by atomic mass is 19.3. The maximum Gasteiger partial charge on any atom is 0.345 e. The van der Waals surface area contributed by atoms with E-state index in [1.165, 1.54) is 0 Å². The Hall–Kier alpha value is -0.180. The normalized spacial score (nSPS) is 14.6. The smallest absolute Gasteiger partial charge is 0.320 e. The molecule has 0 saturated heterocycles. The molecule has 0 N–H and O–H groups in total. The lowest BCUT2D eigenvalue weighted by Crippen LogP contribution is -2.10. The van der Waals surface area contributed by atoms with Crippen LogP contribution in [-0.4, -0.2) is 12.7 Å². The minimum Gasteiger partial charge on any atom is -0.320 e. The second-order valence-electron chi connectivity index (χ2n) is 1.62. The quantitative estimate of drug-likeness (QED) is 0.559. The number of hydrogen-bond donors (Lipinski definition) is 0. The van der Waals surface area contributed by atoms with E-state index < -0.39 is 6.61 Å². The first-order chi connectivity index (χ1) is 3.66. The number of ether oxygens (including phenoxy) is 1. The second-order valence-corrected chi connectivity index (χ2v) is 1.62. The van der Waals surface area contributed by atoms with Crippen molar-refractivity contribution < 1.29 is 13.5 Å². The van der Waals surface area contributed by atoms with Crippen LogP contribution in [0, 0.1) is 0 Å². The molecule has 1 nitrogen and oxygen atoms in total. The van der Waals surface area contributed by atoms with E-state index in [9.17, 15) is 8.78 Å². The second kappa shape index (κ2) is 3.78. The van der Waals surface area contributed by atoms with E-state index in [4.69, 9.17) is 0 Å². The zero-order valence-electron chi connectivity index (χ0n) is 5.03. The Kier molecular flexibility index (Phi) is 3.69. The molecule has 0 aromatic heterocycles. The van der Waals surface area contributed by atoms with Gasteiger partial charge in [-0.15, -0.1) is 0 Å². The van der Waals surface area contributed by atoms with Crippen LogP contribution in [-0.2, 0) is 4.74 Å². The van der Waals surface area contributed by atoms with Gasteiger partial charge in [-0.05, 0) is 13.3 Å². The van der Waals surface area contributed by atoms with Gasteiger partial charge in [-0.25, -0.2) is 0 Å². The number of halogens is 2. The minimum absolute atomic E-state index is 0.324. The predicted octanol–water partition coefficient (Wildman–Crippen LogP) is 2.02. The summed E-state index contributed by atoms with van der Waals surface area (Å²) >= 11 is 0. The highest BCUT2D eigenvalue weighted by molar-refractivity contribution is 4.41. The van der Waals surface area contributed by atoms with Crippen molar-refractivity contribution in [2.24, 2.45) is 0 Å². The van der Waals surface area contributed by atoms with Crippen LogP contribution in [0.2, 0.25) is 0 Å². The van der Waals surface area contributed by atoms with Gasteiger partial charge in [-0.3, -0.25) is 0 Å². The molecule has 0 spiro atoms. The molecule has 0 bridgehead atoms. The average Bonchev–Trinajstić information content (AvgIpc) is 1.65. The summed E-state index contributed by atoms with van der Waals surface area (Å²) in [5.41, 5.74) is 0. The van der Waals surface area contributed by atoms with Crippen LogP contribution in [0.1, 0.15) is 20.3 Å². The first kappa shape index (κ1) is 7.82. The minimum atomic E-state index is -2.62.